The normalized spacial score (nSPS) is 10.3. The molecule has 0 spiro atoms. The van der Waals surface area contributed by atoms with Crippen LogP contribution in [0.4, 0.5) is 0 Å². The summed E-state index contributed by atoms with van der Waals surface area (Å²) in [6.07, 6.45) is 0. The molecule has 0 saturated carbocycles. The summed E-state index contributed by atoms with van der Waals surface area (Å²) in [6, 6.07) is 0. The zero-order valence-corrected chi connectivity index (χ0v) is 4.70. The van der Waals surface area contributed by atoms with Gasteiger partial charge < -0.3 is 15.3 Å². The molecule has 4 N–H and O–H groups in total. The molecule has 0 saturated heterocycles. The van der Waals surface area contributed by atoms with Crippen LogP contribution < -0.4 is 6.15 Å². The predicted molar refractivity (Wildman–Crippen MR) is 27.0 cm³/mol. The predicted octanol–water partition coefficient (Wildman–Crippen LogP) is -0.387. The topological polar surface area (TPSA) is 95.4 Å². The highest BCUT2D eigenvalue weighted by atomic mass is 32.2. The fraction of sp³-hybridized carbons (Fsp3) is 0. The lowest BCUT2D eigenvalue weighted by molar-refractivity contribution is 0.436. The van der Waals surface area contributed by atoms with Crippen LogP contribution in [0.5, 0.6) is 0 Å². The van der Waals surface area contributed by atoms with Gasteiger partial charge in [0.05, 0.1) is 11.4 Å². The Morgan fingerprint density at radius 1 is 1.67 bits per heavy atom. The maximum Gasteiger partial charge on any atom is 0.0814 e. The highest BCUT2D eigenvalue weighted by Crippen LogP contribution is 1.43. The zero-order valence-electron chi connectivity index (χ0n) is 2.88. The molecule has 0 rings (SSSR count). The van der Waals surface area contributed by atoms with Crippen molar-refractivity contribution in [3.8, 4) is 0 Å². The second-order valence-electron chi connectivity index (χ2n) is 0.217. The lowest BCUT2D eigenvalue weighted by Crippen LogP contribution is -1.75. The molecule has 6 heteroatoms. The van der Waals surface area contributed by atoms with Crippen molar-refractivity contribution in [1.82, 2.24) is 6.15 Å². The van der Waals surface area contributed by atoms with E-state index in [2.05, 4.69) is 0 Å². The summed E-state index contributed by atoms with van der Waals surface area (Å²) in [5, 5.41) is 0. The fourth-order valence-electron chi connectivity index (χ4n) is 0. The van der Waals surface area contributed by atoms with E-state index in [-0.39, 0.29) is 19.6 Å². The van der Waals surface area contributed by atoms with E-state index in [1.54, 1.807) is 0 Å². The lowest BCUT2D eigenvalue weighted by atomic mass is 14.0. The molecule has 0 aliphatic rings. The van der Waals surface area contributed by atoms with Gasteiger partial charge in [0.1, 0.15) is 0 Å². The summed E-state index contributed by atoms with van der Waals surface area (Å²) >= 11 is -2.86. The Morgan fingerprint density at radius 3 is 1.67 bits per heavy atom. The van der Waals surface area contributed by atoms with Crippen molar-refractivity contribution in [1.29, 1.82) is 0 Å². The molecule has 1 atom stereocenters. The van der Waals surface area contributed by atoms with E-state index in [1.165, 1.54) is 0 Å². The van der Waals surface area contributed by atoms with Gasteiger partial charge in [0, 0.05) is 0 Å². The summed E-state index contributed by atoms with van der Waals surface area (Å²) in [7, 11) is 0. The number of rotatable bonds is 0. The molecule has 0 aromatic heterocycles. The Bertz CT molecular complexity index is 31.8. The van der Waals surface area contributed by atoms with Crippen molar-refractivity contribution >= 4 is 24.9 Å². The van der Waals surface area contributed by atoms with Crippen LogP contribution in [0, 0.1) is 0 Å². The summed E-state index contributed by atoms with van der Waals surface area (Å²) in [4.78, 5) is 0. The molecule has 1 unspecified atom stereocenters. The van der Waals surface area contributed by atoms with Crippen LogP contribution in [0.15, 0.2) is 0 Å². The highest BCUT2D eigenvalue weighted by Gasteiger charge is 1.42. The molecule has 0 aromatic rings. The maximum atomic E-state index is 8.56. The Labute approximate surface area is 45.1 Å². The van der Waals surface area contributed by atoms with Crippen LogP contribution in [0.2, 0.25) is 0 Å². The van der Waals surface area contributed by atoms with Gasteiger partial charge in [0.2, 0.25) is 0 Å². The Balaban J connectivity index is -0.0000000450. The summed E-state index contributed by atoms with van der Waals surface area (Å²) in [6.45, 7) is 0. The van der Waals surface area contributed by atoms with Gasteiger partial charge in [-0.3, -0.25) is 0 Å². The van der Waals surface area contributed by atoms with Gasteiger partial charge in [-0.25, -0.2) is 4.21 Å². The Hall–Kier alpha value is 0.380. The SMILES string of the molecule is N.O=S([O-])O.S. The standard InChI is InChI=1S/H3N.H2O3S.H2S/c;1-4(2)3;/h1H3;(H2,1,2,3);1H2/p-1. The van der Waals surface area contributed by atoms with Crippen LogP contribution in [-0.2, 0) is 11.4 Å². The molecule has 0 bridgehead atoms. The quantitative estimate of drug-likeness (QED) is 0.439. The van der Waals surface area contributed by atoms with E-state index in [0.717, 1.165) is 0 Å². The largest absolute Gasteiger partial charge is 0.750 e. The molecule has 42 valence electrons. The second kappa shape index (κ2) is 9.03. The first-order valence-electron chi connectivity index (χ1n) is 0.516. The molecule has 0 radical (unpaired) electrons. The van der Waals surface area contributed by atoms with Gasteiger partial charge in [-0.1, -0.05) is 0 Å². The van der Waals surface area contributed by atoms with Crippen LogP contribution >= 0.6 is 13.5 Å². The second-order valence-corrected chi connectivity index (χ2v) is 0.651. The van der Waals surface area contributed by atoms with Crippen LogP contribution in [0.1, 0.15) is 0 Å². The first-order valence-corrected chi connectivity index (χ1v) is 1.55. The van der Waals surface area contributed by atoms with Gasteiger partial charge in [-0.15, -0.1) is 0 Å². The molecule has 0 fully saturated rings. The minimum absolute atomic E-state index is 0. The van der Waals surface area contributed by atoms with E-state index in [0.29, 0.717) is 0 Å². The van der Waals surface area contributed by atoms with Crippen molar-refractivity contribution < 1.29 is 13.3 Å². The lowest BCUT2D eigenvalue weighted by Gasteiger charge is -1.83. The summed E-state index contributed by atoms with van der Waals surface area (Å²) < 4.78 is 24.1. The van der Waals surface area contributed by atoms with Crippen LogP contribution in [0.25, 0.3) is 0 Å². The van der Waals surface area contributed by atoms with Crippen molar-refractivity contribution in [3.05, 3.63) is 0 Å². The fourth-order valence-corrected chi connectivity index (χ4v) is 0. The van der Waals surface area contributed by atoms with E-state index < -0.39 is 11.4 Å². The van der Waals surface area contributed by atoms with Crippen molar-refractivity contribution in [2.45, 2.75) is 0 Å². The minimum atomic E-state index is -2.86. The average Bonchev–Trinajstić information content (AvgIpc) is 0.811. The monoisotopic (exact) mass is 132 g/mol. The molecule has 0 heterocycles. The van der Waals surface area contributed by atoms with E-state index in [4.69, 9.17) is 13.3 Å². The molecule has 0 amide bonds. The third kappa shape index (κ3) is 347. The van der Waals surface area contributed by atoms with Gasteiger partial charge in [-0.05, 0) is 0 Å². The van der Waals surface area contributed by atoms with Crippen LogP contribution in [0.3, 0.4) is 0 Å². The first kappa shape index (κ1) is 16.2. The summed E-state index contributed by atoms with van der Waals surface area (Å²) in [5.41, 5.74) is 0. The number of hydrogen-bond donors (Lipinski definition) is 2. The molecule has 0 aliphatic heterocycles. The Kier molecular flexibility index (Phi) is 24.3. The minimum Gasteiger partial charge on any atom is -0.750 e. The van der Waals surface area contributed by atoms with E-state index in [9.17, 15) is 0 Å². The van der Waals surface area contributed by atoms with Gasteiger partial charge in [0.15, 0.2) is 0 Å². The highest BCUT2D eigenvalue weighted by molar-refractivity contribution is 7.73. The van der Waals surface area contributed by atoms with E-state index >= 15 is 0 Å². The maximum absolute atomic E-state index is 8.56. The van der Waals surface area contributed by atoms with Crippen molar-refractivity contribution in [2.24, 2.45) is 0 Å². The smallest absolute Gasteiger partial charge is 0.0814 e. The molecule has 0 aromatic carbocycles. The molecule has 6 heavy (non-hydrogen) atoms. The van der Waals surface area contributed by atoms with Gasteiger partial charge in [0.25, 0.3) is 0 Å². The summed E-state index contributed by atoms with van der Waals surface area (Å²) in [5.74, 6) is 0. The first-order chi connectivity index (χ1) is 1.73. The third-order valence-corrected chi connectivity index (χ3v) is 0. The van der Waals surface area contributed by atoms with E-state index in [1.807, 2.05) is 0 Å². The molecule has 0 aliphatic carbocycles. The average molecular weight is 132 g/mol. The van der Waals surface area contributed by atoms with Crippen molar-refractivity contribution in [3.63, 3.8) is 0 Å². The van der Waals surface area contributed by atoms with Gasteiger partial charge >= 0.3 is 0 Å². The molecular formula is H6NO3S2-. The third-order valence-electron chi connectivity index (χ3n) is 0. The number of hydrogen-bond acceptors (Lipinski definition) is 3. The Morgan fingerprint density at radius 2 is 1.67 bits per heavy atom. The van der Waals surface area contributed by atoms with Crippen molar-refractivity contribution in [2.75, 3.05) is 0 Å². The van der Waals surface area contributed by atoms with Crippen LogP contribution in [-0.4, -0.2) is 13.3 Å². The van der Waals surface area contributed by atoms with Gasteiger partial charge in [-0.2, -0.15) is 13.5 Å². The molecule has 4 nitrogen and oxygen atoms in total. The zero-order chi connectivity index (χ0) is 3.58. The molecular weight excluding hydrogens is 126 g/mol.